The lowest BCUT2D eigenvalue weighted by Crippen LogP contribution is -2.27. The third-order valence-electron chi connectivity index (χ3n) is 2.21. The standard InChI is InChI=1S/C13H22N2O7/c16-6-7-21-8-9-22-10-15-12(18)4-3-11(17)14-5-1-2-13(19)20/h3-4,16H,1-2,5-10H2,(H,14,17)(H,15,18)(H,19,20)/b4-3-. The van der Waals surface area contributed by atoms with Crippen LogP contribution in [-0.4, -0.2) is 67.7 Å². The summed E-state index contributed by atoms with van der Waals surface area (Å²) in [6, 6.07) is 0. The van der Waals surface area contributed by atoms with E-state index in [-0.39, 0.29) is 39.5 Å². The highest BCUT2D eigenvalue weighted by molar-refractivity contribution is 5.96. The maximum absolute atomic E-state index is 11.3. The Morgan fingerprint density at radius 3 is 2.23 bits per heavy atom. The van der Waals surface area contributed by atoms with Crippen molar-refractivity contribution in [1.29, 1.82) is 0 Å². The van der Waals surface area contributed by atoms with Crippen LogP contribution in [0.3, 0.4) is 0 Å². The van der Waals surface area contributed by atoms with Gasteiger partial charge in [-0.25, -0.2) is 0 Å². The predicted octanol–water partition coefficient (Wildman–Crippen LogP) is -1.38. The largest absolute Gasteiger partial charge is 0.481 e. The van der Waals surface area contributed by atoms with Gasteiger partial charge in [-0.3, -0.25) is 14.4 Å². The summed E-state index contributed by atoms with van der Waals surface area (Å²) < 4.78 is 9.97. The number of ether oxygens (including phenoxy) is 2. The molecule has 0 unspecified atom stereocenters. The molecule has 0 aliphatic rings. The van der Waals surface area contributed by atoms with Crippen molar-refractivity contribution in [3.63, 3.8) is 0 Å². The highest BCUT2D eigenvalue weighted by Gasteiger charge is 2.00. The molecule has 0 aromatic carbocycles. The van der Waals surface area contributed by atoms with Crippen molar-refractivity contribution >= 4 is 17.8 Å². The third kappa shape index (κ3) is 14.4. The van der Waals surface area contributed by atoms with E-state index in [1.807, 2.05) is 0 Å². The first-order valence-corrected chi connectivity index (χ1v) is 6.78. The molecule has 0 aromatic rings. The van der Waals surface area contributed by atoms with Gasteiger partial charge in [0.15, 0.2) is 0 Å². The maximum atomic E-state index is 11.3. The molecule has 22 heavy (non-hydrogen) atoms. The van der Waals surface area contributed by atoms with Gasteiger partial charge in [0.2, 0.25) is 11.8 Å². The van der Waals surface area contributed by atoms with Crippen molar-refractivity contribution < 1.29 is 34.1 Å². The lowest BCUT2D eigenvalue weighted by Gasteiger charge is -2.05. The second kappa shape index (κ2) is 14.0. The SMILES string of the molecule is O=C(O)CCCNC(=O)/C=C\C(=O)NCOCCOCCO. The molecule has 9 heteroatoms. The number of aliphatic hydroxyl groups is 1. The molecule has 126 valence electrons. The Bertz CT molecular complexity index is 371. The Morgan fingerprint density at radius 2 is 1.59 bits per heavy atom. The molecule has 0 fully saturated rings. The highest BCUT2D eigenvalue weighted by atomic mass is 16.5. The van der Waals surface area contributed by atoms with E-state index in [1.165, 1.54) is 0 Å². The van der Waals surface area contributed by atoms with Gasteiger partial charge in [0.1, 0.15) is 6.73 Å². The molecule has 2 amide bonds. The van der Waals surface area contributed by atoms with E-state index in [1.54, 1.807) is 0 Å². The molecule has 9 nitrogen and oxygen atoms in total. The number of carbonyl (C=O) groups is 3. The van der Waals surface area contributed by atoms with Gasteiger partial charge in [-0.1, -0.05) is 0 Å². The van der Waals surface area contributed by atoms with Gasteiger partial charge in [-0.05, 0) is 6.42 Å². The van der Waals surface area contributed by atoms with Crippen LogP contribution in [0.5, 0.6) is 0 Å². The number of carbonyl (C=O) groups excluding carboxylic acids is 2. The van der Waals surface area contributed by atoms with Crippen LogP contribution < -0.4 is 10.6 Å². The van der Waals surface area contributed by atoms with Gasteiger partial charge >= 0.3 is 5.97 Å². The second-order valence-electron chi connectivity index (χ2n) is 4.05. The lowest BCUT2D eigenvalue weighted by molar-refractivity contribution is -0.137. The van der Waals surface area contributed by atoms with Crippen LogP contribution in [0.25, 0.3) is 0 Å². The third-order valence-corrected chi connectivity index (χ3v) is 2.21. The second-order valence-corrected chi connectivity index (χ2v) is 4.05. The average molecular weight is 318 g/mol. The number of hydrogen-bond donors (Lipinski definition) is 4. The van der Waals surface area contributed by atoms with Crippen molar-refractivity contribution in [2.75, 3.05) is 39.7 Å². The number of rotatable bonds is 13. The zero-order valence-corrected chi connectivity index (χ0v) is 12.2. The smallest absolute Gasteiger partial charge is 0.303 e. The summed E-state index contributed by atoms with van der Waals surface area (Å²) in [6.07, 6.45) is 2.41. The van der Waals surface area contributed by atoms with Crippen LogP contribution in [0.1, 0.15) is 12.8 Å². The normalized spacial score (nSPS) is 10.6. The van der Waals surface area contributed by atoms with Crippen LogP contribution >= 0.6 is 0 Å². The van der Waals surface area contributed by atoms with Gasteiger partial charge in [0.25, 0.3) is 0 Å². The molecule has 0 atom stereocenters. The minimum atomic E-state index is -0.925. The zero-order chi connectivity index (χ0) is 16.6. The number of amides is 2. The summed E-state index contributed by atoms with van der Waals surface area (Å²) in [7, 11) is 0. The fraction of sp³-hybridized carbons (Fsp3) is 0.615. The Kier molecular flexibility index (Phi) is 12.7. The first kappa shape index (κ1) is 20.0. The van der Waals surface area contributed by atoms with Gasteiger partial charge in [-0.15, -0.1) is 0 Å². The first-order valence-electron chi connectivity index (χ1n) is 6.78. The van der Waals surface area contributed by atoms with E-state index in [0.717, 1.165) is 12.2 Å². The van der Waals surface area contributed by atoms with Crippen molar-refractivity contribution in [2.24, 2.45) is 0 Å². The summed E-state index contributed by atoms with van der Waals surface area (Å²) in [6.45, 7) is 0.971. The molecule has 0 rings (SSSR count). The number of nitrogens with one attached hydrogen (secondary N) is 2. The molecule has 0 saturated carbocycles. The monoisotopic (exact) mass is 318 g/mol. The Labute approximate surface area is 128 Å². The summed E-state index contributed by atoms with van der Waals surface area (Å²) >= 11 is 0. The molecule has 4 N–H and O–H groups in total. The molecule has 0 aliphatic heterocycles. The minimum absolute atomic E-state index is 0.0219. The number of carboxylic acid groups (broad SMARTS) is 1. The van der Waals surface area contributed by atoms with Crippen LogP contribution in [0, 0.1) is 0 Å². The molecule has 0 radical (unpaired) electrons. The highest BCUT2D eigenvalue weighted by Crippen LogP contribution is 1.86. The number of carboxylic acids is 1. The van der Waals surface area contributed by atoms with Crippen LogP contribution in [0.4, 0.5) is 0 Å². The maximum Gasteiger partial charge on any atom is 0.303 e. The van der Waals surface area contributed by atoms with Crippen molar-refractivity contribution in [2.45, 2.75) is 12.8 Å². The van der Waals surface area contributed by atoms with Crippen molar-refractivity contribution in [3.05, 3.63) is 12.2 Å². The lowest BCUT2D eigenvalue weighted by atomic mass is 10.3. The molecule has 0 saturated heterocycles. The van der Waals surface area contributed by atoms with E-state index >= 15 is 0 Å². The van der Waals surface area contributed by atoms with Crippen LogP contribution in [0.2, 0.25) is 0 Å². The predicted molar refractivity (Wildman–Crippen MR) is 75.9 cm³/mol. The Balaban J connectivity index is 3.56. The minimum Gasteiger partial charge on any atom is -0.481 e. The zero-order valence-electron chi connectivity index (χ0n) is 12.2. The quantitative estimate of drug-likeness (QED) is 0.187. The summed E-state index contributed by atoms with van der Waals surface area (Å²) in [4.78, 5) is 32.8. The van der Waals surface area contributed by atoms with Gasteiger partial charge in [0, 0.05) is 25.1 Å². The van der Waals surface area contributed by atoms with Gasteiger partial charge < -0.3 is 30.3 Å². The molecule has 0 bridgehead atoms. The fourth-order valence-electron chi connectivity index (χ4n) is 1.20. The van der Waals surface area contributed by atoms with Crippen LogP contribution in [0.15, 0.2) is 12.2 Å². The molecular weight excluding hydrogens is 296 g/mol. The molecule has 0 spiro atoms. The van der Waals surface area contributed by atoms with Crippen molar-refractivity contribution in [1.82, 2.24) is 10.6 Å². The van der Waals surface area contributed by atoms with E-state index in [2.05, 4.69) is 10.6 Å². The van der Waals surface area contributed by atoms with E-state index in [9.17, 15) is 14.4 Å². The molecular formula is C13H22N2O7. The number of aliphatic carboxylic acids is 1. The van der Waals surface area contributed by atoms with Gasteiger partial charge in [-0.2, -0.15) is 0 Å². The summed E-state index contributed by atoms with van der Waals surface area (Å²) in [5, 5.41) is 21.7. The fourth-order valence-corrected chi connectivity index (χ4v) is 1.20. The topological polar surface area (TPSA) is 134 Å². The summed E-state index contributed by atoms with van der Waals surface area (Å²) in [5.74, 6) is -1.89. The van der Waals surface area contributed by atoms with E-state index < -0.39 is 17.8 Å². The molecule has 0 aliphatic carbocycles. The Morgan fingerprint density at radius 1 is 0.955 bits per heavy atom. The van der Waals surface area contributed by atoms with E-state index in [4.69, 9.17) is 19.7 Å². The van der Waals surface area contributed by atoms with E-state index in [0.29, 0.717) is 13.0 Å². The molecule has 0 aromatic heterocycles. The first-order chi connectivity index (χ1) is 10.6. The van der Waals surface area contributed by atoms with Crippen LogP contribution in [-0.2, 0) is 23.9 Å². The average Bonchev–Trinajstić information content (AvgIpc) is 2.48. The van der Waals surface area contributed by atoms with Gasteiger partial charge in [0.05, 0.1) is 26.4 Å². The van der Waals surface area contributed by atoms with Crippen molar-refractivity contribution in [3.8, 4) is 0 Å². The molecule has 0 heterocycles. The number of hydrogen-bond acceptors (Lipinski definition) is 6. The Hall–Kier alpha value is -1.97. The summed E-state index contributed by atoms with van der Waals surface area (Å²) in [5.41, 5.74) is 0. The number of aliphatic hydroxyl groups excluding tert-OH is 1.